The largest absolute Gasteiger partial charge is 0.360 e. The van der Waals surface area contributed by atoms with E-state index in [1.54, 1.807) is 18.2 Å². The Morgan fingerprint density at radius 3 is 2.80 bits per heavy atom. The minimum atomic E-state index is -0.325. The molecule has 2 rings (SSSR count). The summed E-state index contributed by atoms with van der Waals surface area (Å²) in [5, 5.41) is 15.4. The first-order chi connectivity index (χ1) is 9.69. The number of halogens is 1. The van der Waals surface area contributed by atoms with E-state index in [0.29, 0.717) is 5.02 Å². The zero-order valence-electron chi connectivity index (χ0n) is 11.0. The Labute approximate surface area is 123 Å². The molecule has 1 aliphatic rings. The van der Waals surface area contributed by atoms with Crippen LogP contribution >= 0.6 is 11.6 Å². The second-order valence-electron chi connectivity index (χ2n) is 4.78. The number of nitrogens with one attached hydrogen (secondary N) is 2. The molecule has 0 aliphatic heterocycles. The SMILES string of the molecule is N#C/C(=C/Nc1cccc(Cl)c1)C(=O)NC1CCCC1. The fourth-order valence-electron chi connectivity index (χ4n) is 2.22. The molecule has 1 aliphatic carbocycles. The Morgan fingerprint density at radius 1 is 1.40 bits per heavy atom. The van der Waals surface area contributed by atoms with E-state index in [4.69, 9.17) is 16.9 Å². The lowest BCUT2D eigenvalue weighted by molar-refractivity contribution is -0.117. The van der Waals surface area contributed by atoms with E-state index in [1.807, 2.05) is 12.1 Å². The highest BCUT2D eigenvalue weighted by molar-refractivity contribution is 6.30. The van der Waals surface area contributed by atoms with Crippen molar-refractivity contribution in [2.75, 3.05) is 5.32 Å². The Bertz CT molecular complexity index is 556. The van der Waals surface area contributed by atoms with Gasteiger partial charge in [0.2, 0.25) is 0 Å². The van der Waals surface area contributed by atoms with Crippen LogP contribution < -0.4 is 10.6 Å². The van der Waals surface area contributed by atoms with Gasteiger partial charge in [0, 0.05) is 23.0 Å². The summed E-state index contributed by atoms with van der Waals surface area (Å²) in [6.07, 6.45) is 5.67. The number of carbonyl (C=O) groups is 1. The van der Waals surface area contributed by atoms with Crippen LogP contribution in [0.25, 0.3) is 0 Å². The van der Waals surface area contributed by atoms with Gasteiger partial charge in [-0.2, -0.15) is 5.26 Å². The molecule has 1 fully saturated rings. The van der Waals surface area contributed by atoms with Crippen molar-refractivity contribution in [1.82, 2.24) is 5.32 Å². The number of amides is 1. The van der Waals surface area contributed by atoms with Crippen molar-refractivity contribution in [3.8, 4) is 6.07 Å². The van der Waals surface area contributed by atoms with Crippen LogP contribution in [0.5, 0.6) is 0 Å². The smallest absolute Gasteiger partial charge is 0.263 e. The molecule has 0 radical (unpaired) electrons. The third-order valence-corrected chi connectivity index (χ3v) is 3.50. The lowest BCUT2D eigenvalue weighted by Gasteiger charge is -2.11. The van der Waals surface area contributed by atoms with E-state index in [2.05, 4.69) is 10.6 Å². The molecule has 1 aromatic carbocycles. The number of nitrogens with zero attached hydrogens (tertiary/aromatic N) is 1. The third-order valence-electron chi connectivity index (χ3n) is 3.26. The van der Waals surface area contributed by atoms with Gasteiger partial charge in [-0.25, -0.2) is 0 Å². The molecule has 104 valence electrons. The highest BCUT2D eigenvalue weighted by atomic mass is 35.5. The molecule has 0 atom stereocenters. The highest BCUT2D eigenvalue weighted by Gasteiger charge is 2.19. The maximum atomic E-state index is 12.0. The maximum Gasteiger partial charge on any atom is 0.263 e. The van der Waals surface area contributed by atoms with Gasteiger partial charge < -0.3 is 10.6 Å². The predicted molar refractivity (Wildman–Crippen MR) is 79.2 cm³/mol. The summed E-state index contributed by atoms with van der Waals surface area (Å²) >= 11 is 5.86. The first kappa shape index (κ1) is 14.4. The first-order valence-electron chi connectivity index (χ1n) is 6.62. The van der Waals surface area contributed by atoms with Crippen LogP contribution in [0.3, 0.4) is 0 Å². The Kier molecular flexibility index (Phi) is 5.03. The molecular weight excluding hydrogens is 274 g/mol. The predicted octanol–water partition coefficient (Wildman–Crippen LogP) is 3.22. The molecule has 0 saturated heterocycles. The van der Waals surface area contributed by atoms with Gasteiger partial charge in [0.25, 0.3) is 5.91 Å². The van der Waals surface area contributed by atoms with Gasteiger partial charge in [-0.15, -0.1) is 0 Å². The normalized spacial score (nSPS) is 15.7. The standard InChI is InChI=1S/C15H16ClN3O/c16-12-4-3-7-14(8-12)18-10-11(9-17)15(20)19-13-5-1-2-6-13/h3-4,7-8,10,13,18H,1-2,5-6H2,(H,19,20)/b11-10-. The Balaban J connectivity index is 1.98. The molecule has 1 saturated carbocycles. The number of nitriles is 1. The van der Waals surface area contributed by atoms with Gasteiger partial charge in [0.15, 0.2) is 0 Å². The van der Waals surface area contributed by atoms with E-state index in [0.717, 1.165) is 31.4 Å². The van der Waals surface area contributed by atoms with Gasteiger partial charge >= 0.3 is 0 Å². The topological polar surface area (TPSA) is 64.9 Å². The summed E-state index contributed by atoms with van der Waals surface area (Å²) in [7, 11) is 0. The van der Waals surface area contributed by atoms with Crippen LogP contribution in [0, 0.1) is 11.3 Å². The van der Waals surface area contributed by atoms with Crippen molar-refractivity contribution < 1.29 is 4.79 Å². The number of anilines is 1. The van der Waals surface area contributed by atoms with E-state index in [9.17, 15) is 4.79 Å². The van der Waals surface area contributed by atoms with Gasteiger partial charge in [-0.3, -0.25) is 4.79 Å². The summed E-state index contributed by atoms with van der Waals surface area (Å²) in [5.74, 6) is -0.325. The minimum absolute atomic E-state index is 0.0666. The van der Waals surface area contributed by atoms with E-state index >= 15 is 0 Å². The second kappa shape index (κ2) is 6.97. The lowest BCUT2D eigenvalue weighted by atomic mass is 10.2. The van der Waals surface area contributed by atoms with Crippen molar-refractivity contribution in [1.29, 1.82) is 5.26 Å². The number of rotatable bonds is 4. The van der Waals surface area contributed by atoms with E-state index in [-0.39, 0.29) is 17.5 Å². The molecule has 0 bridgehead atoms. The minimum Gasteiger partial charge on any atom is -0.360 e. The van der Waals surface area contributed by atoms with Crippen LogP contribution in [0.1, 0.15) is 25.7 Å². The summed E-state index contributed by atoms with van der Waals surface area (Å²) in [6, 6.07) is 9.20. The van der Waals surface area contributed by atoms with Crippen LogP contribution in [0.2, 0.25) is 5.02 Å². The average molecular weight is 290 g/mol. The number of carbonyl (C=O) groups excluding carboxylic acids is 1. The van der Waals surface area contributed by atoms with Crippen molar-refractivity contribution in [2.45, 2.75) is 31.7 Å². The Morgan fingerprint density at radius 2 is 2.15 bits per heavy atom. The summed E-state index contributed by atoms with van der Waals surface area (Å²) < 4.78 is 0. The van der Waals surface area contributed by atoms with Crippen molar-refractivity contribution in [2.24, 2.45) is 0 Å². The molecule has 20 heavy (non-hydrogen) atoms. The lowest BCUT2D eigenvalue weighted by Crippen LogP contribution is -2.33. The molecule has 0 aromatic heterocycles. The van der Waals surface area contributed by atoms with Gasteiger partial charge in [-0.1, -0.05) is 30.5 Å². The molecule has 2 N–H and O–H groups in total. The average Bonchev–Trinajstić information content (AvgIpc) is 2.92. The summed E-state index contributed by atoms with van der Waals surface area (Å²) in [6.45, 7) is 0. The van der Waals surface area contributed by atoms with E-state index < -0.39 is 0 Å². The second-order valence-corrected chi connectivity index (χ2v) is 5.22. The number of hydrogen-bond donors (Lipinski definition) is 2. The van der Waals surface area contributed by atoms with Crippen molar-refractivity contribution >= 4 is 23.2 Å². The molecule has 5 heteroatoms. The fraction of sp³-hybridized carbons (Fsp3) is 0.333. The van der Waals surface area contributed by atoms with E-state index in [1.165, 1.54) is 6.20 Å². The molecule has 0 unspecified atom stereocenters. The van der Waals surface area contributed by atoms with Crippen LogP contribution in [-0.4, -0.2) is 11.9 Å². The third kappa shape index (κ3) is 4.01. The van der Waals surface area contributed by atoms with Gasteiger partial charge in [-0.05, 0) is 31.0 Å². The molecule has 0 spiro atoms. The Hall–Kier alpha value is -1.99. The van der Waals surface area contributed by atoms with Crippen molar-refractivity contribution in [3.05, 3.63) is 41.1 Å². The highest BCUT2D eigenvalue weighted by Crippen LogP contribution is 2.18. The monoisotopic (exact) mass is 289 g/mol. The van der Waals surface area contributed by atoms with Crippen LogP contribution in [-0.2, 0) is 4.79 Å². The molecule has 1 aromatic rings. The first-order valence-corrected chi connectivity index (χ1v) is 7.00. The van der Waals surface area contributed by atoms with Gasteiger partial charge in [0.05, 0.1) is 0 Å². The molecule has 0 heterocycles. The van der Waals surface area contributed by atoms with Crippen LogP contribution in [0.4, 0.5) is 5.69 Å². The van der Waals surface area contributed by atoms with Gasteiger partial charge in [0.1, 0.15) is 11.6 Å². The number of hydrogen-bond acceptors (Lipinski definition) is 3. The summed E-state index contributed by atoms with van der Waals surface area (Å²) in [5.41, 5.74) is 0.802. The van der Waals surface area contributed by atoms with Crippen molar-refractivity contribution in [3.63, 3.8) is 0 Å². The molecule has 4 nitrogen and oxygen atoms in total. The summed E-state index contributed by atoms with van der Waals surface area (Å²) in [4.78, 5) is 12.0. The van der Waals surface area contributed by atoms with Crippen LogP contribution in [0.15, 0.2) is 36.0 Å². The maximum absolute atomic E-state index is 12.0. The number of benzene rings is 1. The molecule has 1 amide bonds. The molecular formula is C15H16ClN3O. The zero-order valence-corrected chi connectivity index (χ0v) is 11.8. The fourth-order valence-corrected chi connectivity index (χ4v) is 2.41. The zero-order chi connectivity index (χ0) is 14.4. The quantitative estimate of drug-likeness (QED) is 0.661.